The maximum atomic E-state index is 12.5. The van der Waals surface area contributed by atoms with E-state index in [0.717, 1.165) is 12.8 Å². The van der Waals surface area contributed by atoms with Crippen molar-refractivity contribution in [1.29, 1.82) is 0 Å². The van der Waals surface area contributed by atoms with Crippen LogP contribution >= 0.6 is 0 Å². The Morgan fingerprint density at radius 1 is 1.39 bits per heavy atom. The summed E-state index contributed by atoms with van der Waals surface area (Å²) in [4.78, 5) is 14.0. The highest BCUT2D eigenvalue weighted by molar-refractivity contribution is 5.92. The van der Waals surface area contributed by atoms with E-state index in [-0.39, 0.29) is 11.8 Å². The molecule has 3 rings (SSSR count). The molecule has 0 aliphatic carbocycles. The first-order valence-electron chi connectivity index (χ1n) is 7.13. The molecule has 0 saturated carbocycles. The fraction of sp³-hybridized carbons (Fsp3) is 0.538. The first-order valence-corrected chi connectivity index (χ1v) is 7.13. The number of hydrogen-bond donors (Lipinski definition) is 1. The SMILES string of the molecule is O=C(c1ccn[nH]1)N1CCCC[C@H]1c1nnc(CC(F)(F)F)o1. The molecule has 2 aromatic heterocycles. The Balaban J connectivity index is 1.80. The van der Waals surface area contributed by atoms with E-state index in [1.165, 1.54) is 17.2 Å². The molecule has 3 heterocycles. The molecule has 10 heteroatoms. The number of alkyl halides is 3. The zero-order chi connectivity index (χ0) is 16.4. The van der Waals surface area contributed by atoms with Crippen LogP contribution in [-0.4, -0.2) is 43.9 Å². The van der Waals surface area contributed by atoms with E-state index in [0.29, 0.717) is 18.7 Å². The van der Waals surface area contributed by atoms with E-state index in [9.17, 15) is 18.0 Å². The summed E-state index contributed by atoms with van der Waals surface area (Å²) >= 11 is 0. The van der Waals surface area contributed by atoms with Gasteiger partial charge in [-0.05, 0) is 25.3 Å². The average molecular weight is 329 g/mol. The van der Waals surface area contributed by atoms with Crippen molar-refractivity contribution in [3.63, 3.8) is 0 Å². The number of halogens is 3. The van der Waals surface area contributed by atoms with Crippen LogP contribution < -0.4 is 0 Å². The zero-order valence-electron chi connectivity index (χ0n) is 12.0. The predicted molar refractivity (Wildman–Crippen MR) is 70.3 cm³/mol. The number of H-pyrrole nitrogens is 1. The van der Waals surface area contributed by atoms with Crippen molar-refractivity contribution in [3.05, 3.63) is 29.7 Å². The number of carbonyl (C=O) groups excluding carboxylic acids is 1. The summed E-state index contributed by atoms with van der Waals surface area (Å²) in [5.74, 6) is -0.744. The lowest BCUT2D eigenvalue weighted by atomic mass is 10.0. The second-order valence-electron chi connectivity index (χ2n) is 5.31. The maximum Gasteiger partial charge on any atom is 0.397 e. The standard InChI is InChI=1S/C13H14F3N5O2/c14-13(15,16)7-10-19-20-11(23-10)9-3-1-2-6-21(9)12(22)8-4-5-17-18-8/h4-5,9H,1-3,6-7H2,(H,17,18)/t9-/m0/s1. The van der Waals surface area contributed by atoms with Crippen molar-refractivity contribution >= 4 is 5.91 Å². The minimum Gasteiger partial charge on any atom is -0.423 e. The largest absolute Gasteiger partial charge is 0.423 e. The first kappa shape index (κ1) is 15.5. The topological polar surface area (TPSA) is 87.9 Å². The number of nitrogens with zero attached hydrogens (tertiary/aromatic N) is 4. The molecule has 124 valence electrons. The zero-order valence-corrected chi connectivity index (χ0v) is 12.0. The second-order valence-corrected chi connectivity index (χ2v) is 5.31. The van der Waals surface area contributed by atoms with Gasteiger partial charge in [-0.2, -0.15) is 18.3 Å². The van der Waals surface area contributed by atoms with Gasteiger partial charge in [0, 0.05) is 12.7 Å². The van der Waals surface area contributed by atoms with Gasteiger partial charge < -0.3 is 9.32 Å². The summed E-state index contributed by atoms with van der Waals surface area (Å²) in [6.45, 7) is 0.472. The molecule has 0 spiro atoms. The summed E-state index contributed by atoms with van der Waals surface area (Å²) in [5, 5.41) is 13.5. The summed E-state index contributed by atoms with van der Waals surface area (Å²) in [5.41, 5.74) is 0.312. The number of likely N-dealkylation sites (tertiary alicyclic amines) is 1. The fourth-order valence-electron chi connectivity index (χ4n) is 2.61. The van der Waals surface area contributed by atoms with Crippen LogP contribution in [0.2, 0.25) is 0 Å². The van der Waals surface area contributed by atoms with Gasteiger partial charge in [0.15, 0.2) is 0 Å². The third-order valence-corrected chi connectivity index (χ3v) is 3.61. The van der Waals surface area contributed by atoms with Crippen molar-refractivity contribution in [1.82, 2.24) is 25.3 Å². The van der Waals surface area contributed by atoms with E-state index < -0.39 is 24.5 Å². The highest BCUT2D eigenvalue weighted by atomic mass is 19.4. The number of aromatic amines is 1. The molecule has 7 nitrogen and oxygen atoms in total. The van der Waals surface area contributed by atoms with Crippen LogP contribution in [0, 0.1) is 0 Å². The van der Waals surface area contributed by atoms with Crippen LogP contribution in [0.25, 0.3) is 0 Å². The van der Waals surface area contributed by atoms with Gasteiger partial charge >= 0.3 is 6.18 Å². The minimum absolute atomic E-state index is 0.0387. The van der Waals surface area contributed by atoms with E-state index in [2.05, 4.69) is 20.4 Å². The molecule has 1 atom stereocenters. The summed E-state index contributed by atoms with van der Waals surface area (Å²) in [6, 6.07) is 1.02. The van der Waals surface area contributed by atoms with Gasteiger partial charge in [0.05, 0.1) is 0 Å². The van der Waals surface area contributed by atoms with Crippen LogP contribution in [0.4, 0.5) is 13.2 Å². The van der Waals surface area contributed by atoms with Crippen molar-refractivity contribution in [2.75, 3.05) is 6.54 Å². The van der Waals surface area contributed by atoms with Gasteiger partial charge in [-0.3, -0.25) is 9.89 Å². The van der Waals surface area contributed by atoms with Crippen molar-refractivity contribution in [3.8, 4) is 0 Å². The molecular weight excluding hydrogens is 315 g/mol. The van der Waals surface area contributed by atoms with Gasteiger partial charge in [-0.15, -0.1) is 10.2 Å². The molecule has 1 saturated heterocycles. The molecule has 1 fully saturated rings. The van der Waals surface area contributed by atoms with Gasteiger partial charge in [0.25, 0.3) is 5.91 Å². The monoisotopic (exact) mass is 329 g/mol. The average Bonchev–Trinajstić information content (AvgIpc) is 3.16. The lowest BCUT2D eigenvalue weighted by Gasteiger charge is -2.33. The quantitative estimate of drug-likeness (QED) is 0.933. The van der Waals surface area contributed by atoms with E-state index >= 15 is 0 Å². The van der Waals surface area contributed by atoms with Gasteiger partial charge in [0.1, 0.15) is 18.2 Å². The Labute approximate surface area is 128 Å². The first-order chi connectivity index (χ1) is 10.9. The number of rotatable bonds is 3. The van der Waals surface area contributed by atoms with Crippen molar-refractivity contribution in [2.45, 2.75) is 37.9 Å². The molecular formula is C13H14F3N5O2. The van der Waals surface area contributed by atoms with Crippen LogP contribution in [0.5, 0.6) is 0 Å². The van der Waals surface area contributed by atoms with Crippen LogP contribution in [0.15, 0.2) is 16.7 Å². The van der Waals surface area contributed by atoms with Gasteiger partial charge in [-0.1, -0.05) is 0 Å². The third-order valence-electron chi connectivity index (χ3n) is 3.61. The van der Waals surface area contributed by atoms with E-state index in [1.54, 1.807) is 0 Å². The number of aromatic nitrogens is 4. The number of amides is 1. The van der Waals surface area contributed by atoms with E-state index in [4.69, 9.17) is 4.42 Å². The third kappa shape index (κ3) is 3.51. The van der Waals surface area contributed by atoms with Crippen molar-refractivity contribution < 1.29 is 22.4 Å². The molecule has 0 radical (unpaired) electrons. The fourth-order valence-corrected chi connectivity index (χ4v) is 2.61. The van der Waals surface area contributed by atoms with Gasteiger partial charge in [-0.25, -0.2) is 0 Å². The molecule has 1 aliphatic rings. The molecule has 23 heavy (non-hydrogen) atoms. The molecule has 0 unspecified atom stereocenters. The van der Waals surface area contributed by atoms with Crippen LogP contribution in [0.3, 0.4) is 0 Å². The Hall–Kier alpha value is -2.39. The highest BCUT2D eigenvalue weighted by Crippen LogP contribution is 2.32. The van der Waals surface area contributed by atoms with Crippen LogP contribution in [0.1, 0.15) is 47.6 Å². The Kier molecular flexibility index (Phi) is 4.05. The molecule has 2 aromatic rings. The molecule has 1 aliphatic heterocycles. The number of carbonyl (C=O) groups is 1. The highest BCUT2D eigenvalue weighted by Gasteiger charge is 2.35. The smallest absolute Gasteiger partial charge is 0.397 e. The summed E-state index contributed by atoms with van der Waals surface area (Å²) in [7, 11) is 0. The Morgan fingerprint density at radius 2 is 2.22 bits per heavy atom. The Morgan fingerprint density at radius 3 is 2.91 bits per heavy atom. The lowest BCUT2D eigenvalue weighted by Crippen LogP contribution is -2.38. The van der Waals surface area contributed by atoms with Crippen LogP contribution in [-0.2, 0) is 6.42 Å². The number of nitrogens with one attached hydrogen (secondary N) is 1. The van der Waals surface area contributed by atoms with Crippen molar-refractivity contribution in [2.24, 2.45) is 0 Å². The van der Waals surface area contributed by atoms with Gasteiger partial charge in [0.2, 0.25) is 11.8 Å². The molecule has 1 amide bonds. The lowest BCUT2D eigenvalue weighted by molar-refractivity contribution is -0.131. The molecule has 0 aromatic carbocycles. The maximum absolute atomic E-state index is 12.5. The molecule has 0 bridgehead atoms. The second kappa shape index (κ2) is 6.01. The minimum atomic E-state index is -4.41. The summed E-state index contributed by atoms with van der Waals surface area (Å²) < 4.78 is 42.3. The van der Waals surface area contributed by atoms with E-state index in [1.807, 2.05) is 0 Å². The normalized spacial score (nSPS) is 19.1. The summed E-state index contributed by atoms with van der Waals surface area (Å²) in [6.07, 6.45) is -2.04. The number of hydrogen-bond acceptors (Lipinski definition) is 5. The Bertz CT molecular complexity index is 667. The number of piperidine rings is 1. The predicted octanol–water partition coefficient (Wildman–Crippen LogP) is 2.26. The molecule has 1 N–H and O–H groups in total.